The Balaban J connectivity index is 1.59. The Hall–Kier alpha value is -2.76. The fourth-order valence-electron chi connectivity index (χ4n) is 2.94. The van der Waals surface area contributed by atoms with Crippen molar-refractivity contribution >= 4 is 23.3 Å². The van der Waals surface area contributed by atoms with Gasteiger partial charge in [-0.3, -0.25) is 9.59 Å². The van der Waals surface area contributed by atoms with Gasteiger partial charge in [0.15, 0.2) is 5.78 Å². The summed E-state index contributed by atoms with van der Waals surface area (Å²) in [6.45, 7) is 1.51. The molecule has 2 N–H and O–H groups in total. The predicted octanol–water partition coefficient (Wildman–Crippen LogP) is 3.68. The van der Waals surface area contributed by atoms with Gasteiger partial charge in [0.25, 0.3) is 5.91 Å². The van der Waals surface area contributed by atoms with Gasteiger partial charge in [-0.15, -0.1) is 0 Å². The van der Waals surface area contributed by atoms with Crippen molar-refractivity contribution in [3.05, 3.63) is 47.8 Å². The molecule has 1 aromatic heterocycles. The summed E-state index contributed by atoms with van der Waals surface area (Å²) in [5.41, 5.74) is 1.63. The molecular weight excluding hydrogens is 316 g/mol. The van der Waals surface area contributed by atoms with Gasteiger partial charge in [-0.2, -0.15) is 0 Å². The van der Waals surface area contributed by atoms with Crippen LogP contribution >= 0.6 is 0 Å². The third kappa shape index (κ3) is 4.62. The van der Waals surface area contributed by atoms with Crippen molar-refractivity contribution in [1.82, 2.24) is 9.97 Å². The van der Waals surface area contributed by atoms with Crippen molar-refractivity contribution in [2.75, 3.05) is 10.6 Å². The minimum Gasteiger partial charge on any atom is -0.351 e. The van der Waals surface area contributed by atoms with Gasteiger partial charge in [0.2, 0.25) is 5.95 Å². The van der Waals surface area contributed by atoms with Gasteiger partial charge < -0.3 is 10.6 Å². The first-order valence-corrected chi connectivity index (χ1v) is 8.63. The number of anilines is 2. The molecule has 1 fully saturated rings. The van der Waals surface area contributed by atoms with Gasteiger partial charge in [0, 0.05) is 29.7 Å². The van der Waals surface area contributed by atoms with Crippen LogP contribution in [0.4, 0.5) is 11.6 Å². The van der Waals surface area contributed by atoms with Crippen molar-refractivity contribution in [2.24, 2.45) is 0 Å². The lowest BCUT2D eigenvalue weighted by Gasteiger charge is -2.22. The lowest BCUT2D eigenvalue weighted by atomic mass is 9.96. The third-order valence-corrected chi connectivity index (χ3v) is 4.40. The normalized spacial score (nSPS) is 14.8. The van der Waals surface area contributed by atoms with Crippen LogP contribution in [0.15, 0.2) is 36.7 Å². The van der Waals surface area contributed by atoms with Gasteiger partial charge in [0.05, 0.1) is 5.56 Å². The number of hydrogen-bond donors (Lipinski definition) is 2. The second-order valence-electron chi connectivity index (χ2n) is 6.36. The molecule has 0 atom stereocenters. The number of nitrogens with zero attached hydrogens (tertiary/aromatic N) is 2. The van der Waals surface area contributed by atoms with Gasteiger partial charge in [-0.05, 0) is 44.0 Å². The van der Waals surface area contributed by atoms with Gasteiger partial charge in [-0.25, -0.2) is 9.97 Å². The lowest BCUT2D eigenvalue weighted by Crippen LogP contribution is -2.23. The summed E-state index contributed by atoms with van der Waals surface area (Å²) in [5, 5.41) is 6.10. The SMILES string of the molecule is CC(=O)c1ccc(NC(=O)c2cnc(NC3CCCCC3)nc2)cc1. The molecule has 1 saturated carbocycles. The highest BCUT2D eigenvalue weighted by Crippen LogP contribution is 2.20. The zero-order chi connectivity index (χ0) is 17.6. The lowest BCUT2D eigenvalue weighted by molar-refractivity contribution is 0.101. The zero-order valence-corrected chi connectivity index (χ0v) is 14.3. The smallest absolute Gasteiger partial charge is 0.258 e. The van der Waals surface area contributed by atoms with Crippen molar-refractivity contribution in [1.29, 1.82) is 0 Å². The number of rotatable bonds is 5. The van der Waals surface area contributed by atoms with E-state index in [2.05, 4.69) is 20.6 Å². The average molecular weight is 338 g/mol. The minimum absolute atomic E-state index is 0.00710. The maximum Gasteiger partial charge on any atom is 0.258 e. The molecule has 0 radical (unpaired) electrons. The number of aromatic nitrogens is 2. The first kappa shape index (κ1) is 17.1. The van der Waals surface area contributed by atoms with Crippen LogP contribution in [0.3, 0.4) is 0 Å². The van der Waals surface area contributed by atoms with Crippen molar-refractivity contribution < 1.29 is 9.59 Å². The van der Waals surface area contributed by atoms with Crippen LogP contribution in [0.1, 0.15) is 59.7 Å². The van der Waals surface area contributed by atoms with Crippen LogP contribution in [0, 0.1) is 0 Å². The van der Waals surface area contributed by atoms with E-state index >= 15 is 0 Å². The van der Waals surface area contributed by atoms with Crippen molar-refractivity contribution in [3.63, 3.8) is 0 Å². The summed E-state index contributed by atoms with van der Waals surface area (Å²) in [7, 11) is 0. The topological polar surface area (TPSA) is 84.0 Å². The summed E-state index contributed by atoms with van der Waals surface area (Å²) in [6, 6.07) is 7.20. The molecule has 130 valence electrons. The second-order valence-corrected chi connectivity index (χ2v) is 6.36. The van der Waals surface area contributed by atoms with Gasteiger partial charge in [-0.1, -0.05) is 19.3 Å². The zero-order valence-electron chi connectivity index (χ0n) is 14.3. The van der Waals surface area contributed by atoms with E-state index < -0.39 is 0 Å². The number of Topliss-reactive ketones (excluding diaryl/α,β-unsaturated/α-hetero) is 1. The van der Waals surface area contributed by atoms with E-state index in [0.29, 0.717) is 28.8 Å². The maximum atomic E-state index is 12.3. The predicted molar refractivity (Wildman–Crippen MR) is 96.9 cm³/mol. The van der Waals surface area contributed by atoms with Crippen LogP contribution in [0.2, 0.25) is 0 Å². The minimum atomic E-state index is -0.278. The summed E-state index contributed by atoms with van der Waals surface area (Å²) < 4.78 is 0. The van der Waals surface area contributed by atoms with Crippen LogP contribution in [-0.2, 0) is 0 Å². The number of ketones is 1. The number of hydrogen-bond acceptors (Lipinski definition) is 5. The quantitative estimate of drug-likeness (QED) is 0.813. The molecular formula is C19H22N4O2. The second kappa shape index (κ2) is 7.88. The van der Waals surface area contributed by atoms with Gasteiger partial charge in [0.1, 0.15) is 0 Å². The van der Waals surface area contributed by atoms with Gasteiger partial charge >= 0.3 is 0 Å². The Labute approximate surface area is 147 Å². The first-order valence-electron chi connectivity index (χ1n) is 8.63. The van der Waals surface area contributed by atoms with Crippen LogP contribution in [-0.4, -0.2) is 27.7 Å². The Morgan fingerprint density at radius 1 is 0.960 bits per heavy atom. The van der Waals surface area contributed by atoms with E-state index in [0.717, 1.165) is 12.8 Å². The molecule has 0 unspecified atom stereocenters. The average Bonchev–Trinajstić information content (AvgIpc) is 2.63. The molecule has 1 heterocycles. The van der Waals surface area contributed by atoms with E-state index in [9.17, 15) is 9.59 Å². The molecule has 1 aromatic carbocycles. The van der Waals surface area contributed by atoms with Crippen molar-refractivity contribution in [3.8, 4) is 0 Å². The Kier molecular flexibility index (Phi) is 5.38. The number of carbonyl (C=O) groups excluding carboxylic acids is 2. The van der Waals surface area contributed by atoms with E-state index in [-0.39, 0.29) is 11.7 Å². The molecule has 6 nitrogen and oxygen atoms in total. The van der Waals surface area contributed by atoms with E-state index in [1.807, 2.05) is 0 Å². The molecule has 0 saturated heterocycles. The molecule has 0 bridgehead atoms. The summed E-state index contributed by atoms with van der Waals surface area (Å²) >= 11 is 0. The molecule has 3 rings (SSSR count). The number of benzene rings is 1. The number of nitrogens with one attached hydrogen (secondary N) is 2. The highest BCUT2D eigenvalue weighted by molar-refractivity contribution is 6.04. The summed E-state index contributed by atoms with van der Waals surface area (Å²) in [4.78, 5) is 32.0. The number of carbonyl (C=O) groups is 2. The standard InChI is InChI=1S/C19H22N4O2/c1-13(24)14-7-9-17(10-8-14)22-18(25)15-11-20-19(21-12-15)23-16-5-3-2-4-6-16/h7-12,16H,2-6H2,1H3,(H,22,25)(H,20,21,23). The summed E-state index contributed by atoms with van der Waals surface area (Å²) in [6.07, 6.45) is 9.10. The Bertz CT molecular complexity index is 735. The molecule has 6 heteroatoms. The van der Waals surface area contributed by atoms with E-state index in [1.165, 1.54) is 38.6 Å². The van der Waals surface area contributed by atoms with Crippen LogP contribution < -0.4 is 10.6 Å². The van der Waals surface area contributed by atoms with Crippen LogP contribution in [0.5, 0.6) is 0 Å². The van der Waals surface area contributed by atoms with Crippen molar-refractivity contribution in [2.45, 2.75) is 45.1 Å². The molecule has 2 aromatic rings. The Morgan fingerprint density at radius 2 is 1.60 bits per heavy atom. The highest BCUT2D eigenvalue weighted by Gasteiger charge is 2.14. The summed E-state index contributed by atoms with van der Waals surface area (Å²) in [5.74, 6) is 0.279. The fraction of sp³-hybridized carbons (Fsp3) is 0.368. The maximum absolute atomic E-state index is 12.3. The monoisotopic (exact) mass is 338 g/mol. The molecule has 0 spiro atoms. The Morgan fingerprint density at radius 3 is 2.20 bits per heavy atom. The van der Waals surface area contributed by atoms with E-state index in [4.69, 9.17) is 0 Å². The van der Waals surface area contributed by atoms with Crippen LogP contribution in [0.25, 0.3) is 0 Å². The molecule has 1 aliphatic rings. The molecule has 1 aliphatic carbocycles. The van der Waals surface area contributed by atoms with E-state index in [1.54, 1.807) is 24.3 Å². The molecule has 1 amide bonds. The molecule has 25 heavy (non-hydrogen) atoms. The molecule has 0 aliphatic heterocycles. The first-order chi connectivity index (χ1) is 12.1. The highest BCUT2D eigenvalue weighted by atomic mass is 16.1. The number of amides is 1. The third-order valence-electron chi connectivity index (χ3n) is 4.40. The largest absolute Gasteiger partial charge is 0.351 e. The fourth-order valence-corrected chi connectivity index (χ4v) is 2.94.